The average molecular weight is 456 g/mol. The number of rotatable bonds is 6. The fourth-order valence-corrected chi connectivity index (χ4v) is 4.42. The van der Waals surface area contributed by atoms with Gasteiger partial charge in [0.25, 0.3) is 0 Å². The van der Waals surface area contributed by atoms with Crippen molar-refractivity contribution in [3.63, 3.8) is 0 Å². The van der Waals surface area contributed by atoms with Crippen molar-refractivity contribution in [2.24, 2.45) is 0 Å². The monoisotopic (exact) mass is 455 g/mol. The highest BCUT2D eigenvalue weighted by Crippen LogP contribution is 2.48. The van der Waals surface area contributed by atoms with Crippen LogP contribution >= 0.6 is 15.9 Å². The Labute approximate surface area is 180 Å². The van der Waals surface area contributed by atoms with E-state index in [0.29, 0.717) is 13.0 Å². The van der Waals surface area contributed by atoms with E-state index >= 15 is 0 Å². The summed E-state index contributed by atoms with van der Waals surface area (Å²) in [6.07, 6.45) is 2.08. The molecule has 0 aromatic heterocycles. The Bertz CT molecular complexity index is 875. The fraction of sp³-hybridized carbons (Fsp3) is 0.391. The number of anilines is 1. The van der Waals surface area contributed by atoms with Gasteiger partial charge in [-0.2, -0.15) is 0 Å². The molecule has 29 heavy (non-hydrogen) atoms. The first kappa shape index (κ1) is 20.0. The molecule has 1 heterocycles. The molecule has 1 saturated carbocycles. The van der Waals surface area contributed by atoms with Gasteiger partial charge in [0.15, 0.2) is 0 Å². The van der Waals surface area contributed by atoms with Crippen LogP contribution in [0.1, 0.15) is 24.8 Å². The zero-order valence-corrected chi connectivity index (χ0v) is 18.0. The number of hydrogen-bond acceptors (Lipinski definition) is 3. The zero-order valence-electron chi connectivity index (χ0n) is 16.4. The number of carbonyl (C=O) groups excluding carboxylic acids is 2. The highest BCUT2D eigenvalue weighted by atomic mass is 79.9. The van der Waals surface area contributed by atoms with E-state index in [1.165, 1.54) is 5.69 Å². The summed E-state index contributed by atoms with van der Waals surface area (Å²) in [6, 6.07) is 18.3. The second-order valence-electron chi connectivity index (χ2n) is 7.80. The van der Waals surface area contributed by atoms with Crippen LogP contribution in [0.15, 0.2) is 59.1 Å². The molecule has 2 amide bonds. The minimum Gasteiger partial charge on any atom is -0.368 e. The van der Waals surface area contributed by atoms with Gasteiger partial charge in [-0.25, -0.2) is 0 Å². The van der Waals surface area contributed by atoms with Crippen molar-refractivity contribution in [2.45, 2.75) is 24.7 Å². The molecule has 2 aromatic rings. The number of halogens is 1. The van der Waals surface area contributed by atoms with Gasteiger partial charge in [-0.3, -0.25) is 9.59 Å². The maximum absolute atomic E-state index is 12.7. The first-order valence-electron chi connectivity index (χ1n) is 10.2. The third-order valence-corrected chi connectivity index (χ3v) is 6.43. The Morgan fingerprint density at radius 3 is 2.34 bits per heavy atom. The van der Waals surface area contributed by atoms with Crippen LogP contribution in [0.3, 0.4) is 0 Å². The topological polar surface area (TPSA) is 52.7 Å². The average Bonchev–Trinajstić information content (AvgIpc) is 3.57. The standard InChI is InChI=1S/C23H26BrN3O2/c24-19-6-4-5-18(17-19)23(10-11-23)22(29)25-12-9-21(28)27-15-13-26(14-16-27)20-7-2-1-3-8-20/h1-8,17H,9-16H2,(H,25,29). The van der Waals surface area contributed by atoms with E-state index < -0.39 is 5.41 Å². The number of amides is 2. The Hall–Kier alpha value is -2.34. The maximum Gasteiger partial charge on any atom is 0.230 e. The first-order chi connectivity index (χ1) is 14.1. The minimum atomic E-state index is -0.409. The summed E-state index contributed by atoms with van der Waals surface area (Å²) in [6.45, 7) is 3.53. The van der Waals surface area contributed by atoms with Crippen LogP contribution < -0.4 is 10.2 Å². The molecule has 5 nitrogen and oxygen atoms in total. The lowest BCUT2D eigenvalue weighted by molar-refractivity contribution is -0.131. The molecule has 2 fully saturated rings. The molecule has 0 spiro atoms. The van der Waals surface area contributed by atoms with E-state index in [0.717, 1.165) is 49.1 Å². The van der Waals surface area contributed by atoms with Crippen molar-refractivity contribution < 1.29 is 9.59 Å². The molecule has 0 radical (unpaired) electrons. The molecular weight excluding hydrogens is 430 g/mol. The predicted molar refractivity (Wildman–Crippen MR) is 118 cm³/mol. The maximum atomic E-state index is 12.7. The smallest absolute Gasteiger partial charge is 0.230 e. The Morgan fingerprint density at radius 1 is 0.966 bits per heavy atom. The second-order valence-corrected chi connectivity index (χ2v) is 8.72. The van der Waals surface area contributed by atoms with Crippen molar-refractivity contribution >= 4 is 33.4 Å². The van der Waals surface area contributed by atoms with E-state index in [1.54, 1.807) is 0 Å². The highest BCUT2D eigenvalue weighted by Gasteiger charge is 2.51. The molecule has 6 heteroatoms. The number of hydrogen-bond donors (Lipinski definition) is 1. The van der Waals surface area contributed by atoms with Gasteiger partial charge in [0.1, 0.15) is 0 Å². The van der Waals surface area contributed by atoms with Gasteiger partial charge in [0.2, 0.25) is 11.8 Å². The number of nitrogens with zero attached hydrogens (tertiary/aromatic N) is 2. The Kier molecular flexibility index (Phi) is 5.90. The molecule has 2 aliphatic rings. The van der Waals surface area contributed by atoms with E-state index in [9.17, 15) is 9.59 Å². The summed E-state index contributed by atoms with van der Waals surface area (Å²) < 4.78 is 0.985. The van der Waals surface area contributed by atoms with Crippen molar-refractivity contribution in [2.75, 3.05) is 37.6 Å². The number of nitrogens with one attached hydrogen (secondary N) is 1. The zero-order chi connectivity index (χ0) is 20.3. The van der Waals surface area contributed by atoms with Gasteiger partial charge in [-0.15, -0.1) is 0 Å². The van der Waals surface area contributed by atoms with Gasteiger partial charge < -0.3 is 15.1 Å². The van der Waals surface area contributed by atoms with E-state index in [2.05, 4.69) is 38.3 Å². The lowest BCUT2D eigenvalue weighted by atomic mass is 9.95. The fourth-order valence-electron chi connectivity index (χ4n) is 4.02. The van der Waals surface area contributed by atoms with Gasteiger partial charge in [0.05, 0.1) is 5.41 Å². The van der Waals surface area contributed by atoms with Crippen molar-refractivity contribution in [1.82, 2.24) is 10.2 Å². The van der Waals surface area contributed by atoms with Crippen LogP contribution in [0.25, 0.3) is 0 Å². The lowest BCUT2D eigenvalue weighted by Crippen LogP contribution is -2.49. The van der Waals surface area contributed by atoms with E-state index in [1.807, 2.05) is 47.4 Å². The number of para-hydroxylation sites is 1. The van der Waals surface area contributed by atoms with Crippen molar-refractivity contribution in [3.8, 4) is 0 Å². The molecule has 0 bridgehead atoms. The quantitative estimate of drug-likeness (QED) is 0.726. The number of benzene rings is 2. The predicted octanol–water partition coefficient (Wildman–Crippen LogP) is 3.34. The third kappa shape index (κ3) is 4.47. The Balaban J connectivity index is 1.23. The molecule has 1 N–H and O–H groups in total. The molecule has 1 saturated heterocycles. The molecule has 152 valence electrons. The minimum absolute atomic E-state index is 0.0392. The molecular formula is C23H26BrN3O2. The molecule has 1 aliphatic heterocycles. The van der Waals surface area contributed by atoms with Crippen LogP contribution in [0, 0.1) is 0 Å². The Morgan fingerprint density at radius 2 is 1.69 bits per heavy atom. The van der Waals surface area contributed by atoms with Crippen molar-refractivity contribution in [1.29, 1.82) is 0 Å². The largest absolute Gasteiger partial charge is 0.368 e. The van der Waals surface area contributed by atoms with E-state index in [4.69, 9.17) is 0 Å². The highest BCUT2D eigenvalue weighted by molar-refractivity contribution is 9.10. The van der Waals surface area contributed by atoms with Gasteiger partial charge in [-0.05, 0) is 42.7 Å². The summed E-state index contributed by atoms with van der Waals surface area (Å²) in [5.41, 5.74) is 1.84. The summed E-state index contributed by atoms with van der Waals surface area (Å²) in [5, 5.41) is 3.00. The van der Waals surface area contributed by atoms with E-state index in [-0.39, 0.29) is 11.8 Å². The molecule has 0 unspecified atom stereocenters. The summed E-state index contributed by atoms with van der Waals surface area (Å²) in [7, 11) is 0. The number of carbonyl (C=O) groups is 2. The van der Waals surface area contributed by atoms with Crippen LogP contribution in [-0.2, 0) is 15.0 Å². The van der Waals surface area contributed by atoms with Crippen LogP contribution in [0.5, 0.6) is 0 Å². The second kappa shape index (κ2) is 8.57. The molecule has 1 aliphatic carbocycles. The summed E-state index contributed by atoms with van der Waals surface area (Å²) in [4.78, 5) is 29.5. The number of piperazine rings is 1. The molecule has 2 aromatic carbocycles. The van der Waals surface area contributed by atoms with Crippen molar-refractivity contribution in [3.05, 3.63) is 64.6 Å². The SMILES string of the molecule is O=C(CCNC(=O)C1(c2cccc(Br)c2)CC1)N1CCN(c2ccccc2)CC1. The van der Waals surface area contributed by atoms with Crippen LogP contribution in [0.2, 0.25) is 0 Å². The first-order valence-corrected chi connectivity index (χ1v) is 11.0. The molecule has 0 atom stereocenters. The van der Waals surface area contributed by atoms with Gasteiger partial charge in [0, 0.05) is 49.3 Å². The summed E-state index contributed by atoms with van der Waals surface area (Å²) in [5.74, 6) is 0.155. The van der Waals surface area contributed by atoms with Crippen LogP contribution in [0.4, 0.5) is 5.69 Å². The van der Waals surface area contributed by atoms with Crippen LogP contribution in [-0.4, -0.2) is 49.4 Å². The molecule has 4 rings (SSSR count). The van der Waals surface area contributed by atoms with Gasteiger partial charge >= 0.3 is 0 Å². The lowest BCUT2D eigenvalue weighted by Gasteiger charge is -2.36. The van der Waals surface area contributed by atoms with Gasteiger partial charge in [-0.1, -0.05) is 46.3 Å². The normalized spacial score (nSPS) is 17.7. The summed E-state index contributed by atoms with van der Waals surface area (Å²) >= 11 is 3.48. The third-order valence-electron chi connectivity index (χ3n) is 5.94.